The van der Waals surface area contributed by atoms with Crippen LogP contribution in [-0.4, -0.2) is 22.0 Å². The van der Waals surface area contributed by atoms with Crippen LogP contribution in [-0.2, 0) is 0 Å². The van der Waals surface area contributed by atoms with Gasteiger partial charge in [0.25, 0.3) is 0 Å². The number of nitrogens with one attached hydrogen (secondary N) is 1. The molecule has 2 heterocycles. The van der Waals surface area contributed by atoms with Gasteiger partial charge >= 0.3 is 0 Å². The van der Waals surface area contributed by atoms with Gasteiger partial charge in [-0.1, -0.05) is 0 Å². The number of anilines is 1. The summed E-state index contributed by atoms with van der Waals surface area (Å²) in [4.78, 5) is 13.5. The topological polar surface area (TPSA) is 50.7 Å². The van der Waals surface area contributed by atoms with Gasteiger partial charge in [0, 0.05) is 36.5 Å². The molecule has 0 unspecified atom stereocenters. The van der Waals surface area contributed by atoms with E-state index in [2.05, 4.69) is 15.3 Å². The molecule has 2 aromatic rings. The highest BCUT2D eigenvalue weighted by molar-refractivity contribution is 5.67. The van der Waals surface area contributed by atoms with Crippen LogP contribution < -0.4 is 5.32 Å². The molecular formula is C14H16N4. The van der Waals surface area contributed by atoms with E-state index < -0.39 is 0 Å². The number of hydrogen-bond donors (Lipinski definition) is 1. The molecule has 1 N–H and O–H groups in total. The van der Waals surface area contributed by atoms with E-state index in [1.165, 1.54) is 12.8 Å². The molecule has 0 spiro atoms. The lowest BCUT2D eigenvalue weighted by Gasteiger charge is -2.11. The van der Waals surface area contributed by atoms with Crippen LogP contribution in [0.2, 0.25) is 0 Å². The summed E-state index contributed by atoms with van der Waals surface area (Å²) in [5.41, 5.74) is 3.12. The fraction of sp³-hybridized carbons (Fsp3) is 0.357. The Hall–Kier alpha value is -1.97. The monoisotopic (exact) mass is 240 g/mol. The Morgan fingerprint density at radius 3 is 2.72 bits per heavy atom. The Morgan fingerprint density at radius 2 is 2.11 bits per heavy atom. The molecule has 92 valence electrons. The highest BCUT2D eigenvalue weighted by atomic mass is 15.0. The average molecular weight is 240 g/mol. The van der Waals surface area contributed by atoms with Crippen LogP contribution in [0.3, 0.4) is 0 Å². The maximum atomic E-state index is 4.72. The van der Waals surface area contributed by atoms with Crippen molar-refractivity contribution in [2.45, 2.75) is 25.7 Å². The molecule has 0 bridgehead atoms. The first kappa shape index (κ1) is 11.1. The summed E-state index contributed by atoms with van der Waals surface area (Å²) in [5.74, 6) is 2.43. The van der Waals surface area contributed by atoms with Crippen molar-refractivity contribution in [2.75, 3.05) is 12.4 Å². The van der Waals surface area contributed by atoms with Crippen molar-refractivity contribution in [3.63, 3.8) is 0 Å². The number of rotatable bonds is 3. The third kappa shape index (κ3) is 1.94. The lowest BCUT2D eigenvalue weighted by atomic mass is 10.1. The van der Waals surface area contributed by atoms with Crippen LogP contribution in [0.25, 0.3) is 11.3 Å². The van der Waals surface area contributed by atoms with Gasteiger partial charge in [-0.15, -0.1) is 0 Å². The van der Waals surface area contributed by atoms with Gasteiger partial charge in [-0.25, -0.2) is 9.97 Å². The molecule has 0 amide bonds. The lowest BCUT2D eigenvalue weighted by molar-refractivity contribution is 0.923. The highest BCUT2D eigenvalue weighted by Crippen LogP contribution is 2.40. The predicted molar refractivity (Wildman–Crippen MR) is 71.5 cm³/mol. The maximum absolute atomic E-state index is 4.72. The zero-order valence-corrected chi connectivity index (χ0v) is 10.6. The highest BCUT2D eigenvalue weighted by Gasteiger charge is 2.28. The first-order chi connectivity index (χ1) is 8.79. The van der Waals surface area contributed by atoms with E-state index in [9.17, 15) is 0 Å². The van der Waals surface area contributed by atoms with Gasteiger partial charge < -0.3 is 5.32 Å². The third-order valence-electron chi connectivity index (χ3n) is 3.28. The van der Waals surface area contributed by atoms with Crippen LogP contribution in [0.15, 0.2) is 24.5 Å². The predicted octanol–water partition coefficient (Wildman–Crippen LogP) is 2.77. The smallest absolute Gasteiger partial charge is 0.134 e. The van der Waals surface area contributed by atoms with Gasteiger partial charge in [0.2, 0.25) is 0 Å². The number of pyridine rings is 1. The Labute approximate surface area is 107 Å². The van der Waals surface area contributed by atoms with Crippen molar-refractivity contribution < 1.29 is 0 Å². The van der Waals surface area contributed by atoms with Crippen molar-refractivity contribution in [1.29, 1.82) is 0 Å². The summed E-state index contributed by atoms with van der Waals surface area (Å²) in [6, 6.07) is 3.98. The normalized spacial score (nSPS) is 14.6. The van der Waals surface area contributed by atoms with Crippen molar-refractivity contribution in [3.05, 3.63) is 35.9 Å². The molecule has 18 heavy (non-hydrogen) atoms. The van der Waals surface area contributed by atoms with Gasteiger partial charge in [-0.3, -0.25) is 4.98 Å². The van der Waals surface area contributed by atoms with E-state index in [-0.39, 0.29) is 0 Å². The van der Waals surface area contributed by atoms with Crippen molar-refractivity contribution in [2.24, 2.45) is 0 Å². The number of nitrogens with zero attached hydrogens (tertiary/aromatic N) is 3. The largest absolute Gasteiger partial charge is 0.373 e. The molecule has 1 aliphatic rings. The van der Waals surface area contributed by atoms with Crippen LogP contribution in [0.5, 0.6) is 0 Å². The van der Waals surface area contributed by atoms with E-state index in [4.69, 9.17) is 4.98 Å². The van der Waals surface area contributed by atoms with E-state index in [1.807, 2.05) is 32.3 Å². The third-order valence-corrected chi connectivity index (χ3v) is 3.28. The first-order valence-corrected chi connectivity index (χ1v) is 6.26. The fourth-order valence-electron chi connectivity index (χ4n) is 2.09. The summed E-state index contributed by atoms with van der Waals surface area (Å²) in [6.45, 7) is 2.05. The molecule has 3 rings (SSSR count). The molecule has 0 saturated heterocycles. The minimum Gasteiger partial charge on any atom is -0.373 e. The molecule has 0 aliphatic heterocycles. The van der Waals surface area contributed by atoms with Gasteiger partial charge in [-0.05, 0) is 31.9 Å². The van der Waals surface area contributed by atoms with Crippen molar-refractivity contribution >= 4 is 5.82 Å². The fourth-order valence-corrected chi connectivity index (χ4v) is 2.09. The molecular weight excluding hydrogens is 224 g/mol. The summed E-state index contributed by atoms with van der Waals surface area (Å²) in [7, 11) is 1.90. The Balaban J connectivity index is 2.15. The quantitative estimate of drug-likeness (QED) is 0.896. The minimum atomic E-state index is 0.549. The zero-order valence-electron chi connectivity index (χ0n) is 10.6. The summed E-state index contributed by atoms with van der Waals surface area (Å²) in [5, 5.41) is 3.16. The maximum Gasteiger partial charge on any atom is 0.134 e. The molecule has 0 atom stereocenters. The minimum absolute atomic E-state index is 0.549. The molecule has 1 aliphatic carbocycles. The van der Waals surface area contributed by atoms with Gasteiger partial charge in [-0.2, -0.15) is 0 Å². The van der Waals surface area contributed by atoms with Crippen LogP contribution in [0, 0.1) is 6.92 Å². The summed E-state index contributed by atoms with van der Waals surface area (Å²) >= 11 is 0. The van der Waals surface area contributed by atoms with E-state index in [0.717, 1.165) is 28.5 Å². The molecule has 0 radical (unpaired) electrons. The molecule has 0 aromatic carbocycles. The summed E-state index contributed by atoms with van der Waals surface area (Å²) < 4.78 is 0. The number of aromatic nitrogens is 3. The molecule has 1 saturated carbocycles. The molecule has 2 aromatic heterocycles. The van der Waals surface area contributed by atoms with E-state index in [0.29, 0.717) is 5.92 Å². The SMILES string of the molecule is CNc1nc(C2CC2)nc(-c2cccnc2)c1C. The second-order valence-corrected chi connectivity index (χ2v) is 4.67. The van der Waals surface area contributed by atoms with Gasteiger partial charge in [0.05, 0.1) is 5.69 Å². The standard InChI is InChI=1S/C14H16N4/c1-9-12(11-4-3-7-16-8-11)17-14(10-5-6-10)18-13(9)15-2/h3-4,7-8,10H,5-6H2,1-2H3,(H,15,17,18). The summed E-state index contributed by atoms with van der Waals surface area (Å²) in [6.07, 6.45) is 6.05. The van der Waals surface area contributed by atoms with Gasteiger partial charge in [0.15, 0.2) is 0 Å². The van der Waals surface area contributed by atoms with Gasteiger partial charge in [0.1, 0.15) is 11.6 Å². The lowest BCUT2D eigenvalue weighted by Crippen LogP contribution is -2.04. The van der Waals surface area contributed by atoms with E-state index >= 15 is 0 Å². The average Bonchev–Trinajstić information content (AvgIpc) is 3.24. The Bertz CT molecular complexity index is 562. The Kier molecular flexibility index (Phi) is 2.70. The molecule has 4 nitrogen and oxygen atoms in total. The van der Waals surface area contributed by atoms with Crippen LogP contribution >= 0.6 is 0 Å². The second-order valence-electron chi connectivity index (χ2n) is 4.67. The van der Waals surface area contributed by atoms with E-state index in [1.54, 1.807) is 6.20 Å². The first-order valence-electron chi connectivity index (χ1n) is 6.26. The molecule has 1 fully saturated rings. The zero-order chi connectivity index (χ0) is 12.5. The van der Waals surface area contributed by atoms with Crippen molar-refractivity contribution in [3.8, 4) is 11.3 Å². The number of hydrogen-bond acceptors (Lipinski definition) is 4. The molecule has 4 heteroatoms. The van der Waals surface area contributed by atoms with Crippen molar-refractivity contribution in [1.82, 2.24) is 15.0 Å². The van der Waals surface area contributed by atoms with Crippen LogP contribution in [0.4, 0.5) is 5.82 Å². The van der Waals surface area contributed by atoms with Crippen LogP contribution in [0.1, 0.15) is 30.1 Å². The Morgan fingerprint density at radius 1 is 1.28 bits per heavy atom. The second kappa shape index (κ2) is 4.37.